The first-order chi connectivity index (χ1) is 14.8. The number of benzene rings is 1. The number of ether oxygens (including phenoxy) is 1. The van der Waals surface area contributed by atoms with Gasteiger partial charge in [-0.25, -0.2) is 4.79 Å². The third-order valence-corrected chi connectivity index (χ3v) is 4.53. The molecule has 1 aromatic carbocycles. The van der Waals surface area contributed by atoms with Crippen molar-refractivity contribution in [3.63, 3.8) is 0 Å². The van der Waals surface area contributed by atoms with Crippen molar-refractivity contribution in [1.29, 1.82) is 0 Å². The predicted molar refractivity (Wildman–Crippen MR) is 117 cm³/mol. The number of carbonyl (C=O) groups is 1. The molecule has 0 saturated carbocycles. The number of unbranched alkanes of at least 4 members (excludes halogenated alkanes) is 1. The maximum Gasteiger partial charge on any atom is 0.330 e. The van der Waals surface area contributed by atoms with E-state index in [0.717, 1.165) is 11.3 Å². The van der Waals surface area contributed by atoms with Gasteiger partial charge in [0.25, 0.3) is 17.2 Å². The average molecular weight is 431 g/mol. The van der Waals surface area contributed by atoms with Crippen LogP contribution in [0.5, 0.6) is 0 Å². The summed E-state index contributed by atoms with van der Waals surface area (Å²) in [4.78, 5) is 51.1. The van der Waals surface area contributed by atoms with Gasteiger partial charge >= 0.3 is 5.69 Å². The number of aromatic nitrogens is 2. The molecule has 0 atom stereocenters. The Morgan fingerprint density at radius 3 is 2.58 bits per heavy atom. The van der Waals surface area contributed by atoms with E-state index in [1.165, 1.54) is 48.1 Å². The monoisotopic (exact) mass is 431 g/mol. The number of nitrogen functional groups attached to an aromatic ring is 1. The van der Waals surface area contributed by atoms with Crippen LogP contribution in [0.3, 0.4) is 0 Å². The molecule has 0 bridgehead atoms. The Balaban J connectivity index is 2.40. The van der Waals surface area contributed by atoms with Gasteiger partial charge in [0.2, 0.25) is 0 Å². The van der Waals surface area contributed by atoms with Gasteiger partial charge in [0, 0.05) is 38.4 Å². The fourth-order valence-electron chi connectivity index (χ4n) is 2.86. The molecule has 11 nitrogen and oxygen atoms in total. The molecule has 166 valence electrons. The van der Waals surface area contributed by atoms with Crippen LogP contribution < -0.4 is 21.9 Å². The van der Waals surface area contributed by atoms with E-state index in [-0.39, 0.29) is 30.3 Å². The molecule has 31 heavy (non-hydrogen) atoms. The number of H-pyrrole nitrogens is 1. The maximum atomic E-state index is 12.9. The van der Waals surface area contributed by atoms with Gasteiger partial charge in [0.1, 0.15) is 5.82 Å². The lowest BCUT2D eigenvalue weighted by molar-refractivity contribution is -0.384. The number of anilines is 2. The molecule has 1 amide bonds. The number of non-ortho nitro benzene ring substituents is 1. The molecule has 0 aliphatic heterocycles. The fourth-order valence-corrected chi connectivity index (χ4v) is 2.86. The summed E-state index contributed by atoms with van der Waals surface area (Å²) in [7, 11) is 1.45. The molecule has 0 spiro atoms. The minimum atomic E-state index is -0.775. The number of nitrogens with two attached hydrogens (primary N) is 1. The van der Waals surface area contributed by atoms with Crippen molar-refractivity contribution >= 4 is 29.2 Å². The SMILES string of the molecule is CCCCn1c(N)c(N(CCOC)C(=O)/C=C/c2ccc([N+](=O)[O-])cc2)c(=O)[nH]c1=O. The van der Waals surface area contributed by atoms with Crippen molar-refractivity contribution in [2.45, 2.75) is 26.3 Å². The molecule has 2 aromatic rings. The highest BCUT2D eigenvalue weighted by Gasteiger charge is 2.22. The van der Waals surface area contributed by atoms with Gasteiger partial charge in [-0.3, -0.25) is 34.2 Å². The molecule has 11 heteroatoms. The molecule has 0 aliphatic rings. The van der Waals surface area contributed by atoms with Crippen LogP contribution in [0.2, 0.25) is 0 Å². The Hall–Kier alpha value is -3.73. The molecule has 1 aromatic heterocycles. The van der Waals surface area contributed by atoms with Gasteiger partial charge in [0.05, 0.1) is 11.5 Å². The van der Waals surface area contributed by atoms with Crippen LogP contribution in [0.15, 0.2) is 39.9 Å². The average Bonchev–Trinajstić information content (AvgIpc) is 2.74. The molecule has 0 unspecified atom stereocenters. The van der Waals surface area contributed by atoms with E-state index in [4.69, 9.17) is 10.5 Å². The Morgan fingerprint density at radius 1 is 1.32 bits per heavy atom. The van der Waals surface area contributed by atoms with Crippen LogP contribution >= 0.6 is 0 Å². The second-order valence-corrected chi connectivity index (χ2v) is 6.66. The third-order valence-electron chi connectivity index (χ3n) is 4.53. The summed E-state index contributed by atoms with van der Waals surface area (Å²) in [6.07, 6.45) is 4.16. The second-order valence-electron chi connectivity index (χ2n) is 6.66. The topological polar surface area (TPSA) is 154 Å². The summed E-state index contributed by atoms with van der Waals surface area (Å²) in [5.41, 5.74) is 5.05. The Kier molecular flexibility index (Phi) is 8.26. The Bertz CT molecular complexity index is 1070. The van der Waals surface area contributed by atoms with E-state index in [0.29, 0.717) is 18.5 Å². The van der Waals surface area contributed by atoms with Crippen LogP contribution in [0.25, 0.3) is 6.08 Å². The summed E-state index contributed by atoms with van der Waals surface area (Å²) in [6, 6.07) is 5.62. The van der Waals surface area contributed by atoms with Gasteiger partial charge in [-0.15, -0.1) is 0 Å². The zero-order valence-electron chi connectivity index (χ0n) is 17.4. The highest BCUT2D eigenvalue weighted by atomic mass is 16.6. The molecule has 3 N–H and O–H groups in total. The number of rotatable bonds is 10. The van der Waals surface area contributed by atoms with E-state index in [1.807, 2.05) is 6.92 Å². The third kappa shape index (κ3) is 5.89. The Morgan fingerprint density at radius 2 is 2.00 bits per heavy atom. The molecule has 0 saturated heterocycles. The van der Waals surface area contributed by atoms with Crippen molar-refractivity contribution in [3.8, 4) is 0 Å². The minimum Gasteiger partial charge on any atom is -0.383 e. The van der Waals surface area contributed by atoms with Crippen LogP contribution in [-0.2, 0) is 16.1 Å². The van der Waals surface area contributed by atoms with E-state index < -0.39 is 22.1 Å². The number of nitrogens with one attached hydrogen (secondary N) is 1. The van der Waals surface area contributed by atoms with Crippen LogP contribution in [0.4, 0.5) is 17.2 Å². The number of aromatic amines is 1. The number of nitro groups is 1. The molecule has 0 fully saturated rings. The van der Waals surface area contributed by atoms with Gasteiger partial charge in [0.15, 0.2) is 5.69 Å². The zero-order chi connectivity index (χ0) is 23.0. The highest BCUT2D eigenvalue weighted by Crippen LogP contribution is 2.18. The zero-order valence-corrected chi connectivity index (χ0v) is 17.4. The van der Waals surface area contributed by atoms with Gasteiger partial charge in [-0.2, -0.15) is 0 Å². The van der Waals surface area contributed by atoms with E-state index in [9.17, 15) is 24.5 Å². The maximum absolute atomic E-state index is 12.9. The molecular weight excluding hydrogens is 406 g/mol. The van der Waals surface area contributed by atoms with E-state index in [2.05, 4.69) is 4.98 Å². The first kappa shape index (κ1) is 23.5. The first-order valence-electron chi connectivity index (χ1n) is 9.65. The largest absolute Gasteiger partial charge is 0.383 e. The molecule has 0 radical (unpaired) electrons. The number of amides is 1. The number of nitro benzene ring substituents is 1. The van der Waals surface area contributed by atoms with Crippen molar-refractivity contribution in [3.05, 3.63) is 66.9 Å². The summed E-state index contributed by atoms with van der Waals surface area (Å²) in [6.45, 7) is 2.41. The molecule has 1 heterocycles. The van der Waals surface area contributed by atoms with Crippen LogP contribution in [-0.4, -0.2) is 40.6 Å². The van der Waals surface area contributed by atoms with Crippen LogP contribution in [0, 0.1) is 10.1 Å². The second kappa shape index (κ2) is 10.9. The molecule has 2 rings (SSSR count). The summed E-state index contributed by atoms with van der Waals surface area (Å²) >= 11 is 0. The van der Waals surface area contributed by atoms with Gasteiger partial charge in [-0.05, 0) is 30.2 Å². The van der Waals surface area contributed by atoms with E-state index >= 15 is 0 Å². The van der Waals surface area contributed by atoms with Crippen molar-refractivity contribution < 1.29 is 14.5 Å². The van der Waals surface area contributed by atoms with E-state index in [1.54, 1.807) is 0 Å². The lowest BCUT2D eigenvalue weighted by Gasteiger charge is -2.23. The van der Waals surface area contributed by atoms with Gasteiger partial charge < -0.3 is 10.5 Å². The summed E-state index contributed by atoms with van der Waals surface area (Å²) in [5, 5.41) is 10.8. The predicted octanol–water partition coefficient (Wildman–Crippen LogP) is 1.52. The van der Waals surface area contributed by atoms with Crippen molar-refractivity contribution in [1.82, 2.24) is 9.55 Å². The number of hydrogen-bond donors (Lipinski definition) is 2. The van der Waals surface area contributed by atoms with Crippen molar-refractivity contribution in [2.24, 2.45) is 0 Å². The Labute approximate surface area is 177 Å². The number of carbonyl (C=O) groups excluding carboxylic acids is 1. The van der Waals surface area contributed by atoms with Crippen LogP contribution in [0.1, 0.15) is 25.3 Å². The van der Waals surface area contributed by atoms with Gasteiger partial charge in [-0.1, -0.05) is 13.3 Å². The number of methoxy groups -OCH3 is 1. The normalized spacial score (nSPS) is 11.0. The number of hydrogen-bond acceptors (Lipinski definition) is 7. The molecule has 0 aliphatic carbocycles. The highest BCUT2D eigenvalue weighted by molar-refractivity contribution is 6.05. The number of nitrogens with zero attached hydrogens (tertiary/aromatic N) is 3. The van der Waals surface area contributed by atoms with Crippen molar-refractivity contribution in [2.75, 3.05) is 30.9 Å². The quantitative estimate of drug-likeness (QED) is 0.328. The lowest BCUT2D eigenvalue weighted by Crippen LogP contribution is -2.42. The lowest BCUT2D eigenvalue weighted by atomic mass is 10.2. The minimum absolute atomic E-state index is 0.0270. The smallest absolute Gasteiger partial charge is 0.330 e. The molecular formula is C20H25N5O6. The summed E-state index contributed by atoms with van der Waals surface area (Å²) in [5.74, 6) is -0.663. The standard InChI is InChI=1S/C20H25N5O6/c1-3-4-11-24-18(21)17(19(27)22-20(24)28)23(12-13-31-2)16(26)10-7-14-5-8-15(9-6-14)25(29)30/h5-10H,3-4,11-13,21H2,1-2H3,(H,22,27,28)/b10-7+. The fraction of sp³-hybridized carbons (Fsp3) is 0.350. The first-order valence-corrected chi connectivity index (χ1v) is 9.65. The summed E-state index contributed by atoms with van der Waals surface area (Å²) < 4.78 is 6.27.